The average molecular weight is 242 g/mol. The lowest BCUT2D eigenvalue weighted by Crippen LogP contribution is -2.63. The van der Waals surface area contributed by atoms with Gasteiger partial charge in [0.2, 0.25) is 0 Å². The van der Waals surface area contributed by atoms with Gasteiger partial charge in [0, 0.05) is 23.2 Å². The molecule has 0 aromatic heterocycles. The standard InChI is InChI=1S/C14H30N2O/c1-10(14(6,7)17)15-11-8-12(2,3)16-13(4,5)9-11/h10-11,15-17H,8-9H2,1-7H3. The van der Waals surface area contributed by atoms with Gasteiger partial charge in [0.05, 0.1) is 5.60 Å². The van der Waals surface area contributed by atoms with Gasteiger partial charge < -0.3 is 15.7 Å². The first kappa shape index (κ1) is 14.9. The highest BCUT2D eigenvalue weighted by atomic mass is 16.3. The van der Waals surface area contributed by atoms with Crippen molar-refractivity contribution < 1.29 is 5.11 Å². The van der Waals surface area contributed by atoms with Gasteiger partial charge in [-0.25, -0.2) is 0 Å². The first-order chi connectivity index (χ1) is 7.41. The summed E-state index contributed by atoms with van der Waals surface area (Å²) in [6, 6.07) is 0.569. The molecule has 1 atom stereocenters. The number of rotatable bonds is 3. The summed E-state index contributed by atoms with van der Waals surface area (Å²) in [6.45, 7) is 14.8. The largest absolute Gasteiger partial charge is 0.389 e. The van der Waals surface area contributed by atoms with E-state index in [-0.39, 0.29) is 17.1 Å². The molecule has 3 nitrogen and oxygen atoms in total. The van der Waals surface area contributed by atoms with Gasteiger partial charge in [0.25, 0.3) is 0 Å². The molecule has 1 rings (SSSR count). The molecule has 1 fully saturated rings. The molecule has 0 amide bonds. The second-order valence-corrected chi connectivity index (χ2v) is 7.54. The van der Waals surface area contributed by atoms with E-state index in [0.29, 0.717) is 6.04 Å². The van der Waals surface area contributed by atoms with Gasteiger partial charge in [-0.2, -0.15) is 0 Å². The molecule has 3 heteroatoms. The Bertz CT molecular complexity index is 250. The number of hydrogen-bond acceptors (Lipinski definition) is 3. The van der Waals surface area contributed by atoms with Crippen molar-refractivity contribution in [2.45, 2.75) is 90.1 Å². The Balaban J connectivity index is 2.66. The zero-order chi connectivity index (χ0) is 13.5. The zero-order valence-electron chi connectivity index (χ0n) is 12.5. The van der Waals surface area contributed by atoms with Crippen LogP contribution < -0.4 is 10.6 Å². The summed E-state index contributed by atoms with van der Waals surface area (Å²) in [5, 5.41) is 17.3. The van der Waals surface area contributed by atoms with Crippen molar-refractivity contribution in [1.29, 1.82) is 0 Å². The van der Waals surface area contributed by atoms with E-state index < -0.39 is 5.60 Å². The van der Waals surface area contributed by atoms with Crippen molar-refractivity contribution in [2.24, 2.45) is 0 Å². The highest BCUT2D eigenvalue weighted by Gasteiger charge is 2.38. The predicted molar refractivity (Wildman–Crippen MR) is 73.2 cm³/mol. The summed E-state index contributed by atoms with van der Waals surface area (Å²) < 4.78 is 0. The minimum absolute atomic E-state index is 0.109. The Morgan fingerprint density at radius 2 is 1.59 bits per heavy atom. The van der Waals surface area contributed by atoms with Crippen LogP contribution in [0.4, 0.5) is 0 Å². The topological polar surface area (TPSA) is 44.3 Å². The van der Waals surface area contributed by atoms with E-state index in [4.69, 9.17) is 0 Å². The molecule has 0 aromatic carbocycles. The lowest BCUT2D eigenvalue weighted by atomic mass is 9.79. The molecule has 0 saturated carbocycles. The van der Waals surface area contributed by atoms with E-state index in [2.05, 4.69) is 45.3 Å². The Labute approximate surface area is 106 Å². The maximum absolute atomic E-state index is 10.00. The summed E-state index contributed by atoms with van der Waals surface area (Å²) in [5.41, 5.74) is -0.364. The Hall–Kier alpha value is -0.120. The van der Waals surface area contributed by atoms with Crippen LogP contribution in [0.2, 0.25) is 0 Å². The van der Waals surface area contributed by atoms with Crippen LogP contribution in [0, 0.1) is 0 Å². The van der Waals surface area contributed by atoms with Gasteiger partial charge in [0.1, 0.15) is 0 Å². The SMILES string of the molecule is CC(NC1CC(C)(C)NC(C)(C)C1)C(C)(C)O. The van der Waals surface area contributed by atoms with Crippen molar-refractivity contribution >= 4 is 0 Å². The van der Waals surface area contributed by atoms with E-state index in [1.165, 1.54) is 0 Å². The quantitative estimate of drug-likeness (QED) is 0.709. The third-order valence-electron chi connectivity index (χ3n) is 3.74. The van der Waals surface area contributed by atoms with E-state index >= 15 is 0 Å². The minimum Gasteiger partial charge on any atom is -0.389 e. The molecule has 0 bridgehead atoms. The van der Waals surface area contributed by atoms with Crippen molar-refractivity contribution in [3.05, 3.63) is 0 Å². The first-order valence-corrected chi connectivity index (χ1v) is 6.69. The van der Waals surface area contributed by atoms with E-state index in [0.717, 1.165) is 12.8 Å². The van der Waals surface area contributed by atoms with Gasteiger partial charge in [-0.3, -0.25) is 0 Å². The lowest BCUT2D eigenvalue weighted by molar-refractivity contribution is 0.0299. The molecule has 0 aliphatic carbocycles. The summed E-state index contributed by atoms with van der Waals surface area (Å²) in [6.07, 6.45) is 2.19. The molecule has 1 saturated heterocycles. The monoisotopic (exact) mass is 242 g/mol. The Morgan fingerprint density at radius 3 is 1.94 bits per heavy atom. The molecule has 1 heterocycles. The fraction of sp³-hybridized carbons (Fsp3) is 1.00. The fourth-order valence-corrected chi connectivity index (χ4v) is 3.00. The van der Waals surface area contributed by atoms with Gasteiger partial charge in [-0.15, -0.1) is 0 Å². The Morgan fingerprint density at radius 1 is 1.18 bits per heavy atom. The molecule has 1 aliphatic rings. The number of aliphatic hydroxyl groups is 1. The second-order valence-electron chi connectivity index (χ2n) is 7.54. The van der Waals surface area contributed by atoms with Gasteiger partial charge in [-0.1, -0.05) is 0 Å². The first-order valence-electron chi connectivity index (χ1n) is 6.69. The number of nitrogens with one attached hydrogen (secondary N) is 2. The van der Waals surface area contributed by atoms with Crippen molar-refractivity contribution in [3.8, 4) is 0 Å². The molecule has 17 heavy (non-hydrogen) atoms. The highest BCUT2D eigenvalue weighted by Crippen LogP contribution is 2.29. The van der Waals surface area contributed by atoms with Crippen molar-refractivity contribution in [2.75, 3.05) is 0 Å². The molecule has 0 radical (unpaired) electrons. The van der Waals surface area contributed by atoms with Crippen LogP contribution in [0.1, 0.15) is 61.3 Å². The molecule has 0 spiro atoms. The van der Waals surface area contributed by atoms with Gasteiger partial charge >= 0.3 is 0 Å². The van der Waals surface area contributed by atoms with E-state index in [9.17, 15) is 5.11 Å². The summed E-state index contributed by atoms with van der Waals surface area (Å²) in [4.78, 5) is 0. The third kappa shape index (κ3) is 4.57. The normalized spacial score (nSPS) is 26.8. The average Bonchev–Trinajstić information content (AvgIpc) is 1.94. The zero-order valence-corrected chi connectivity index (χ0v) is 12.5. The van der Waals surface area contributed by atoms with E-state index in [1.807, 2.05) is 13.8 Å². The van der Waals surface area contributed by atoms with Crippen LogP contribution in [-0.4, -0.2) is 33.9 Å². The molecule has 1 unspecified atom stereocenters. The molecule has 3 N–H and O–H groups in total. The van der Waals surface area contributed by atoms with Crippen LogP contribution in [0.3, 0.4) is 0 Å². The van der Waals surface area contributed by atoms with Crippen LogP contribution in [0.5, 0.6) is 0 Å². The van der Waals surface area contributed by atoms with Crippen LogP contribution in [0.25, 0.3) is 0 Å². The molecular weight excluding hydrogens is 212 g/mol. The van der Waals surface area contributed by atoms with Crippen molar-refractivity contribution in [1.82, 2.24) is 10.6 Å². The van der Waals surface area contributed by atoms with Crippen LogP contribution >= 0.6 is 0 Å². The van der Waals surface area contributed by atoms with Crippen LogP contribution in [0.15, 0.2) is 0 Å². The van der Waals surface area contributed by atoms with Crippen molar-refractivity contribution in [3.63, 3.8) is 0 Å². The minimum atomic E-state index is -0.667. The van der Waals surface area contributed by atoms with Gasteiger partial charge in [-0.05, 0) is 61.3 Å². The molecule has 102 valence electrons. The smallest absolute Gasteiger partial charge is 0.0741 e. The predicted octanol–water partition coefficient (Wildman–Crippen LogP) is 2.04. The summed E-state index contributed by atoms with van der Waals surface area (Å²) >= 11 is 0. The highest BCUT2D eigenvalue weighted by molar-refractivity contribution is 5.00. The molecule has 1 aliphatic heterocycles. The van der Waals surface area contributed by atoms with Crippen LogP contribution in [-0.2, 0) is 0 Å². The maximum atomic E-state index is 10.00. The lowest BCUT2D eigenvalue weighted by Gasteiger charge is -2.48. The summed E-state index contributed by atoms with van der Waals surface area (Å²) in [7, 11) is 0. The second kappa shape index (κ2) is 4.52. The fourth-order valence-electron chi connectivity index (χ4n) is 3.00. The number of piperidine rings is 1. The molecular formula is C14H30N2O. The Kier molecular flexibility index (Phi) is 3.98. The third-order valence-corrected chi connectivity index (χ3v) is 3.74. The molecule has 0 aromatic rings. The maximum Gasteiger partial charge on any atom is 0.0741 e. The number of hydrogen-bond donors (Lipinski definition) is 3. The summed E-state index contributed by atoms with van der Waals surface area (Å²) in [5.74, 6) is 0. The van der Waals surface area contributed by atoms with E-state index in [1.54, 1.807) is 0 Å². The van der Waals surface area contributed by atoms with Gasteiger partial charge in [0.15, 0.2) is 0 Å².